The van der Waals surface area contributed by atoms with Crippen LogP contribution in [0.25, 0.3) is 0 Å². The molecule has 1 aromatic carbocycles. The lowest BCUT2D eigenvalue weighted by molar-refractivity contribution is -0.0209. The molecule has 84 valence electrons. The fourth-order valence-corrected chi connectivity index (χ4v) is 1.88. The third kappa shape index (κ3) is 2.82. The standard InChI is InChI=1S/C10H11Cl2FO2/c1-10(14,5-15-2)6-3-9(13)8(12)4-7(6)11/h3-4,14H,5H2,1-2H3. The van der Waals surface area contributed by atoms with Crippen molar-refractivity contribution in [3.8, 4) is 0 Å². The van der Waals surface area contributed by atoms with E-state index in [1.807, 2.05) is 0 Å². The van der Waals surface area contributed by atoms with Gasteiger partial charge in [0.2, 0.25) is 0 Å². The van der Waals surface area contributed by atoms with Crippen LogP contribution in [0.2, 0.25) is 10.0 Å². The smallest absolute Gasteiger partial charge is 0.142 e. The van der Waals surface area contributed by atoms with Gasteiger partial charge in [-0.25, -0.2) is 4.39 Å². The third-order valence-corrected chi connectivity index (χ3v) is 2.62. The highest BCUT2D eigenvalue weighted by Gasteiger charge is 2.27. The SMILES string of the molecule is COCC(C)(O)c1cc(F)c(Cl)cc1Cl. The van der Waals surface area contributed by atoms with Gasteiger partial charge in [0.15, 0.2) is 0 Å². The fourth-order valence-electron chi connectivity index (χ4n) is 1.29. The summed E-state index contributed by atoms with van der Waals surface area (Å²) in [7, 11) is 1.44. The van der Waals surface area contributed by atoms with Gasteiger partial charge in [-0.05, 0) is 19.1 Å². The topological polar surface area (TPSA) is 29.5 Å². The number of rotatable bonds is 3. The fraction of sp³-hybridized carbons (Fsp3) is 0.400. The van der Waals surface area contributed by atoms with Gasteiger partial charge in [0, 0.05) is 17.7 Å². The number of methoxy groups -OCH3 is 1. The Hall–Kier alpha value is -0.350. The Kier molecular flexibility index (Phi) is 3.95. The number of ether oxygens (including phenoxy) is 1. The van der Waals surface area contributed by atoms with Crippen LogP contribution >= 0.6 is 23.2 Å². The number of hydrogen-bond donors (Lipinski definition) is 1. The van der Waals surface area contributed by atoms with Gasteiger partial charge in [0.25, 0.3) is 0 Å². The van der Waals surface area contributed by atoms with Crippen molar-refractivity contribution in [1.29, 1.82) is 0 Å². The molecular formula is C10H11Cl2FO2. The lowest BCUT2D eigenvalue weighted by Gasteiger charge is -2.24. The van der Waals surface area contributed by atoms with Crippen LogP contribution in [0, 0.1) is 5.82 Å². The molecule has 0 amide bonds. The Morgan fingerprint density at radius 2 is 2.00 bits per heavy atom. The Morgan fingerprint density at radius 1 is 1.40 bits per heavy atom. The van der Waals surface area contributed by atoms with Crippen molar-refractivity contribution >= 4 is 23.2 Å². The molecule has 0 aromatic heterocycles. The third-order valence-electron chi connectivity index (χ3n) is 2.02. The summed E-state index contributed by atoms with van der Waals surface area (Å²) in [5, 5.41) is 10.1. The molecule has 0 saturated heterocycles. The summed E-state index contributed by atoms with van der Waals surface area (Å²) >= 11 is 11.4. The van der Waals surface area contributed by atoms with E-state index in [-0.39, 0.29) is 22.2 Å². The molecule has 1 aromatic rings. The van der Waals surface area contributed by atoms with Crippen molar-refractivity contribution in [3.05, 3.63) is 33.6 Å². The molecule has 0 aliphatic carbocycles. The van der Waals surface area contributed by atoms with Gasteiger partial charge in [-0.1, -0.05) is 23.2 Å². The van der Waals surface area contributed by atoms with Crippen molar-refractivity contribution in [2.45, 2.75) is 12.5 Å². The van der Waals surface area contributed by atoms with Gasteiger partial charge in [-0.15, -0.1) is 0 Å². The van der Waals surface area contributed by atoms with Crippen molar-refractivity contribution in [1.82, 2.24) is 0 Å². The molecule has 0 fully saturated rings. The summed E-state index contributed by atoms with van der Waals surface area (Å²) in [5.41, 5.74) is -1.08. The van der Waals surface area contributed by atoms with Gasteiger partial charge >= 0.3 is 0 Å². The van der Waals surface area contributed by atoms with Crippen molar-refractivity contribution in [2.75, 3.05) is 13.7 Å². The van der Waals surface area contributed by atoms with Crippen LogP contribution in [0.3, 0.4) is 0 Å². The van der Waals surface area contributed by atoms with E-state index >= 15 is 0 Å². The van der Waals surface area contributed by atoms with Gasteiger partial charge < -0.3 is 9.84 Å². The number of halogens is 3. The summed E-state index contributed by atoms with van der Waals surface area (Å²) in [5.74, 6) is -0.618. The predicted octanol–water partition coefficient (Wildman–Crippen LogP) is 2.99. The first-order valence-electron chi connectivity index (χ1n) is 4.25. The van der Waals surface area contributed by atoms with Crippen molar-refractivity contribution < 1.29 is 14.2 Å². The van der Waals surface area contributed by atoms with Crippen LogP contribution in [0.1, 0.15) is 12.5 Å². The molecule has 1 unspecified atom stereocenters. The van der Waals surface area contributed by atoms with Gasteiger partial charge in [0.05, 0.1) is 11.6 Å². The molecule has 5 heteroatoms. The van der Waals surface area contributed by atoms with Crippen LogP contribution < -0.4 is 0 Å². The molecule has 0 aliphatic heterocycles. The van der Waals surface area contributed by atoms with Crippen LogP contribution in [0.4, 0.5) is 4.39 Å². The van der Waals surface area contributed by atoms with E-state index in [1.165, 1.54) is 20.1 Å². The highest BCUT2D eigenvalue weighted by atomic mass is 35.5. The van der Waals surface area contributed by atoms with Gasteiger partial charge in [0.1, 0.15) is 11.4 Å². The summed E-state index contributed by atoms with van der Waals surface area (Å²) in [6.45, 7) is 1.51. The number of aliphatic hydroxyl groups is 1. The minimum Gasteiger partial charge on any atom is -0.383 e. The Morgan fingerprint density at radius 3 is 2.53 bits per heavy atom. The zero-order valence-electron chi connectivity index (χ0n) is 8.35. The summed E-state index contributed by atoms with van der Waals surface area (Å²) in [4.78, 5) is 0. The molecule has 2 nitrogen and oxygen atoms in total. The van der Waals surface area contributed by atoms with Gasteiger partial charge in [-0.3, -0.25) is 0 Å². The molecule has 0 radical (unpaired) electrons. The lowest BCUT2D eigenvalue weighted by atomic mass is 9.97. The second-order valence-corrected chi connectivity index (χ2v) is 4.27. The summed E-state index contributed by atoms with van der Waals surface area (Å²) in [6.07, 6.45) is 0. The normalized spacial score (nSPS) is 15.1. The number of benzene rings is 1. The first-order valence-corrected chi connectivity index (χ1v) is 5.00. The van der Waals surface area contributed by atoms with Crippen LogP contribution in [-0.4, -0.2) is 18.8 Å². The zero-order valence-corrected chi connectivity index (χ0v) is 9.86. The minimum absolute atomic E-state index is 0.0216. The molecule has 1 rings (SSSR count). The van der Waals surface area contributed by atoms with E-state index in [9.17, 15) is 9.50 Å². The average Bonchev–Trinajstić information content (AvgIpc) is 2.11. The first kappa shape index (κ1) is 12.7. The van der Waals surface area contributed by atoms with E-state index in [1.54, 1.807) is 0 Å². The van der Waals surface area contributed by atoms with Crippen molar-refractivity contribution in [2.24, 2.45) is 0 Å². The quantitative estimate of drug-likeness (QED) is 0.839. The molecule has 0 aliphatic rings. The average molecular weight is 253 g/mol. The highest BCUT2D eigenvalue weighted by Crippen LogP contribution is 2.32. The van der Waals surface area contributed by atoms with E-state index in [0.717, 1.165) is 6.07 Å². The Bertz CT molecular complexity index is 367. The monoisotopic (exact) mass is 252 g/mol. The molecular weight excluding hydrogens is 242 g/mol. The van der Waals surface area contributed by atoms with E-state index in [4.69, 9.17) is 27.9 Å². The largest absolute Gasteiger partial charge is 0.383 e. The molecule has 0 saturated carbocycles. The molecule has 0 bridgehead atoms. The maximum absolute atomic E-state index is 13.2. The molecule has 1 atom stereocenters. The maximum Gasteiger partial charge on any atom is 0.142 e. The Balaban J connectivity index is 3.19. The molecule has 1 N–H and O–H groups in total. The first-order chi connectivity index (χ1) is 6.88. The van der Waals surface area contributed by atoms with Gasteiger partial charge in [-0.2, -0.15) is 0 Å². The molecule has 0 spiro atoms. The van der Waals surface area contributed by atoms with Crippen molar-refractivity contribution in [3.63, 3.8) is 0 Å². The summed E-state index contributed by atoms with van der Waals surface area (Å²) in [6, 6.07) is 2.38. The lowest BCUT2D eigenvalue weighted by Crippen LogP contribution is -2.27. The highest BCUT2D eigenvalue weighted by molar-refractivity contribution is 6.35. The molecule has 15 heavy (non-hydrogen) atoms. The zero-order chi connectivity index (χ0) is 11.6. The summed E-state index contributed by atoms with van der Waals surface area (Å²) < 4.78 is 18.0. The van der Waals surface area contributed by atoms with Crippen LogP contribution in [0.5, 0.6) is 0 Å². The van der Waals surface area contributed by atoms with E-state index in [0.29, 0.717) is 0 Å². The van der Waals surface area contributed by atoms with E-state index < -0.39 is 11.4 Å². The van der Waals surface area contributed by atoms with Crippen LogP contribution in [0.15, 0.2) is 12.1 Å². The van der Waals surface area contributed by atoms with E-state index in [2.05, 4.69) is 0 Å². The second-order valence-electron chi connectivity index (χ2n) is 3.45. The minimum atomic E-state index is -1.34. The predicted molar refractivity (Wildman–Crippen MR) is 57.9 cm³/mol. The van der Waals surface area contributed by atoms with Crippen LogP contribution in [-0.2, 0) is 10.3 Å². The maximum atomic E-state index is 13.2. The Labute approximate surface area is 97.6 Å². The molecule has 0 heterocycles. The number of hydrogen-bond acceptors (Lipinski definition) is 2. The second kappa shape index (κ2) is 4.66.